The molecule has 0 saturated carbocycles. The molecule has 30 heavy (non-hydrogen) atoms. The van der Waals surface area contributed by atoms with Crippen molar-refractivity contribution in [3.63, 3.8) is 0 Å². The molecule has 152 valence electrons. The number of anilines is 2. The fourth-order valence-corrected chi connectivity index (χ4v) is 3.49. The maximum Gasteiger partial charge on any atom is 0.0490 e. The van der Waals surface area contributed by atoms with Crippen LogP contribution in [0.2, 0.25) is 5.02 Å². The first-order valence-electron chi connectivity index (χ1n) is 9.97. The molecule has 0 aliphatic heterocycles. The molecule has 0 atom stereocenters. The lowest BCUT2D eigenvalue weighted by Gasteiger charge is -2.24. The van der Waals surface area contributed by atoms with Crippen molar-refractivity contribution in [3.05, 3.63) is 113 Å². The molecular formula is C27H27ClN2. The molecule has 0 heterocycles. The predicted molar refractivity (Wildman–Crippen MR) is 132 cm³/mol. The lowest BCUT2D eigenvalue weighted by molar-refractivity contribution is 1.23. The highest BCUT2D eigenvalue weighted by atomic mass is 35.5. The Morgan fingerprint density at radius 3 is 2.33 bits per heavy atom. The molecule has 0 spiro atoms. The topological polar surface area (TPSA) is 15.6 Å². The summed E-state index contributed by atoms with van der Waals surface area (Å²) in [6, 6.07) is 23.0. The number of benzene rings is 3. The van der Waals surface area contributed by atoms with Crippen molar-refractivity contribution in [1.82, 2.24) is 0 Å². The minimum Gasteiger partial charge on any atom is -0.317 e. The van der Waals surface area contributed by atoms with Gasteiger partial charge in [-0.2, -0.15) is 0 Å². The van der Waals surface area contributed by atoms with Gasteiger partial charge in [0.1, 0.15) is 0 Å². The second-order valence-electron chi connectivity index (χ2n) is 7.29. The number of hydrogen-bond donors (Lipinski definition) is 0. The fourth-order valence-electron chi connectivity index (χ4n) is 3.36. The summed E-state index contributed by atoms with van der Waals surface area (Å²) in [7, 11) is 1.79. The molecule has 3 rings (SSSR count). The molecule has 0 aliphatic carbocycles. The third kappa shape index (κ3) is 5.28. The Bertz CT molecular complexity index is 1060. The molecule has 0 aromatic heterocycles. The van der Waals surface area contributed by atoms with Crippen molar-refractivity contribution in [1.29, 1.82) is 0 Å². The van der Waals surface area contributed by atoms with E-state index < -0.39 is 0 Å². The lowest BCUT2D eigenvalue weighted by Crippen LogP contribution is -2.10. The van der Waals surface area contributed by atoms with Gasteiger partial charge in [0.25, 0.3) is 0 Å². The van der Waals surface area contributed by atoms with Crippen molar-refractivity contribution in [2.45, 2.75) is 20.3 Å². The smallest absolute Gasteiger partial charge is 0.0490 e. The molecule has 0 aliphatic rings. The molecule has 3 aromatic rings. The van der Waals surface area contributed by atoms with Crippen LogP contribution >= 0.6 is 11.6 Å². The van der Waals surface area contributed by atoms with Gasteiger partial charge in [-0.15, -0.1) is 0 Å². The van der Waals surface area contributed by atoms with Crippen molar-refractivity contribution in [2.75, 3.05) is 11.9 Å². The summed E-state index contributed by atoms with van der Waals surface area (Å²) in [4.78, 5) is 6.29. The highest BCUT2D eigenvalue weighted by Crippen LogP contribution is 2.32. The number of halogens is 1. The highest BCUT2D eigenvalue weighted by Gasteiger charge is 2.12. The van der Waals surface area contributed by atoms with E-state index in [9.17, 15) is 0 Å². The molecule has 0 fully saturated rings. The summed E-state index contributed by atoms with van der Waals surface area (Å²) in [6.45, 7) is 8.27. The summed E-state index contributed by atoms with van der Waals surface area (Å²) >= 11 is 6.06. The van der Waals surface area contributed by atoms with Crippen LogP contribution in [-0.4, -0.2) is 13.3 Å². The molecule has 2 nitrogen and oxygen atoms in total. The van der Waals surface area contributed by atoms with Crippen molar-refractivity contribution < 1.29 is 0 Å². The van der Waals surface area contributed by atoms with E-state index in [2.05, 4.69) is 91.0 Å². The number of nitrogens with zero attached hydrogens (tertiary/aromatic N) is 2. The first kappa shape index (κ1) is 21.6. The number of hydrogen-bond acceptors (Lipinski definition) is 2. The third-order valence-corrected chi connectivity index (χ3v) is 5.32. The number of aryl methyl sites for hydroxylation is 2. The van der Waals surface area contributed by atoms with E-state index in [0.29, 0.717) is 0 Å². The molecule has 0 unspecified atom stereocenters. The molecule has 3 heteroatoms. The first-order chi connectivity index (χ1) is 14.5. The quantitative estimate of drug-likeness (QED) is 0.364. The van der Waals surface area contributed by atoms with E-state index in [1.165, 1.54) is 22.3 Å². The van der Waals surface area contributed by atoms with Gasteiger partial charge in [0.2, 0.25) is 0 Å². The van der Waals surface area contributed by atoms with Gasteiger partial charge in [-0.3, -0.25) is 4.99 Å². The molecule has 3 aromatic carbocycles. The lowest BCUT2D eigenvalue weighted by atomic mass is 9.96. The van der Waals surface area contributed by atoms with Crippen LogP contribution in [0.3, 0.4) is 0 Å². The van der Waals surface area contributed by atoms with Crippen LogP contribution in [0.25, 0.3) is 5.57 Å². The summed E-state index contributed by atoms with van der Waals surface area (Å²) in [5, 5.41) is 0.747. The summed E-state index contributed by atoms with van der Waals surface area (Å²) in [5.74, 6) is 0. The second-order valence-corrected chi connectivity index (χ2v) is 7.73. The largest absolute Gasteiger partial charge is 0.317 e. The number of rotatable bonds is 7. The zero-order chi connectivity index (χ0) is 21.5. The van der Waals surface area contributed by atoms with E-state index >= 15 is 0 Å². The fraction of sp³-hybridized carbons (Fsp3) is 0.148. The minimum absolute atomic E-state index is 0.747. The van der Waals surface area contributed by atoms with Gasteiger partial charge in [-0.1, -0.05) is 60.1 Å². The maximum atomic E-state index is 6.06. The number of allylic oxidation sites excluding steroid dienone is 2. The second kappa shape index (κ2) is 10.1. The van der Waals surface area contributed by atoms with E-state index in [1.54, 1.807) is 7.05 Å². The molecule has 0 amide bonds. The van der Waals surface area contributed by atoms with Crippen LogP contribution in [0.15, 0.2) is 90.6 Å². The van der Waals surface area contributed by atoms with Crippen LogP contribution in [0.4, 0.5) is 11.4 Å². The van der Waals surface area contributed by atoms with E-state index in [0.717, 1.165) is 28.4 Å². The summed E-state index contributed by atoms with van der Waals surface area (Å²) < 4.78 is 0. The SMILES string of the molecule is C=CN(c1ccc(C)cc1)c1cc(/C(=C/C=NC)Cc2ccc(Cl)cc2)ccc1C. The summed E-state index contributed by atoms with van der Waals surface area (Å²) in [5.41, 5.74) is 8.18. The Kier molecular flexibility index (Phi) is 7.26. The zero-order valence-electron chi connectivity index (χ0n) is 17.8. The Morgan fingerprint density at radius 2 is 1.70 bits per heavy atom. The molecule has 0 radical (unpaired) electrons. The Labute approximate surface area is 184 Å². The highest BCUT2D eigenvalue weighted by molar-refractivity contribution is 6.30. The van der Waals surface area contributed by atoms with Crippen LogP contribution in [0, 0.1) is 13.8 Å². The van der Waals surface area contributed by atoms with Gasteiger partial charge in [-0.05, 0) is 78.9 Å². The average Bonchev–Trinajstić information content (AvgIpc) is 2.75. The average molecular weight is 415 g/mol. The normalized spacial score (nSPS) is 11.7. The maximum absolute atomic E-state index is 6.06. The van der Waals surface area contributed by atoms with Gasteiger partial charge >= 0.3 is 0 Å². The molecule has 0 saturated heterocycles. The standard InChI is InChI=1S/C27H27ClN2/c1-5-30(26-14-6-20(2)7-15-26)27-19-23(11-8-21(27)3)24(16-17-29-4)18-22-9-12-25(28)13-10-22/h5-17,19H,1,18H2,2-4H3/b24-16+,29-17?. The molecule has 0 N–H and O–H groups in total. The van der Waals surface area contributed by atoms with Gasteiger partial charge < -0.3 is 4.90 Å². The van der Waals surface area contributed by atoms with Crippen LogP contribution in [-0.2, 0) is 6.42 Å². The first-order valence-corrected chi connectivity index (χ1v) is 10.3. The van der Waals surface area contributed by atoms with Gasteiger partial charge in [0, 0.05) is 35.9 Å². The van der Waals surface area contributed by atoms with E-state index in [4.69, 9.17) is 11.6 Å². The van der Waals surface area contributed by atoms with Crippen LogP contribution < -0.4 is 4.90 Å². The van der Waals surface area contributed by atoms with Crippen molar-refractivity contribution >= 4 is 34.8 Å². The zero-order valence-corrected chi connectivity index (χ0v) is 18.5. The Balaban J connectivity index is 2.02. The monoisotopic (exact) mass is 414 g/mol. The van der Waals surface area contributed by atoms with Crippen LogP contribution in [0.5, 0.6) is 0 Å². The van der Waals surface area contributed by atoms with Crippen LogP contribution in [0.1, 0.15) is 22.3 Å². The van der Waals surface area contributed by atoms with E-state index in [1.807, 2.05) is 24.5 Å². The summed E-state index contributed by atoms with van der Waals surface area (Å²) in [6.07, 6.45) is 6.58. The van der Waals surface area contributed by atoms with Gasteiger partial charge in [0.15, 0.2) is 0 Å². The Morgan fingerprint density at radius 1 is 1.00 bits per heavy atom. The third-order valence-electron chi connectivity index (χ3n) is 5.07. The Hall–Kier alpha value is -3.10. The molecular weight excluding hydrogens is 388 g/mol. The van der Waals surface area contributed by atoms with Gasteiger partial charge in [0.05, 0.1) is 0 Å². The minimum atomic E-state index is 0.747. The van der Waals surface area contributed by atoms with E-state index in [-0.39, 0.29) is 0 Å². The van der Waals surface area contributed by atoms with Crippen molar-refractivity contribution in [2.24, 2.45) is 4.99 Å². The molecule has 0 bridgehead atoms. The number of aliphatic imine (C=N–C) groups is 1. The van der Waals surface area contributed by atoms with Crippen molar-refractivity contribution in [3.8, 4) is 0 Å². The van der Waals surface area contributed by atoms with Gasteiger partial charge in [-0.25, -0.2) is 0 Å². The predicted octanol–water partition coefficient (Wildman–Crippen LogP) is 7.57.